The van der Waals surface area contributed by atoms with E-state index in [9.17, 15) is 18.0 Å². The molecule has 1 N–H and O–H groups in total. The fourth-order valence-corrected chi connectivity index (χ4v) is 1.73. The summed E-state index contributed by atoms with van der Waals surface area (Å²) in [6.07, 6.45) is -3.93. The molecule has 1 atom stereocenters. The molecule has 0 rings (SSSR count). The van der Waals surface area contributed by atoms with Crippen LogP contribution in [0.2, 0.25) is 0 Å². The standard InChI is InChI=1S/C12H23F3N2O2/c1-5-17(8-12(13,14)15)7-6-10(11(18)19-4)16-9(2)3/h9-10,16H,5-8H2,1-4H3. The van der Waals surface area contributed by atoms with Crippen molar-refractivity contribution in [3.8, 4) is 0 Å². The molecule has 0 aromatic rings. The fourth-order valence-electron chi connectivity index (χ4n) is 1.73. The monoisotopic (exact) mass is 284 g/mol. The number of carbonyl (C=O) groups excluding carboxylic acids is 1. The fraction of sp³-hybridized carbons (Fsp3) is 0.917. The molecule has 0 amide bonds. The Morgan fingerprint density at radius 3 is 2.32 bits per heavy atom. The molecule has 0 saturated carbocycles. The number of nitrogens with one attached hydrogen (secondary N) is 1. The molecule has 0 bridgehead atoms. The van der Waals surface area contributed by atoms with Crippen LogP contribution in [-0.4, -0.2) is 55.9 Å². The number of hydrogen-bond donors (Lipinski definition) is 1. The highest BCUT2D eigenvalue weighted by Gasteiger charge is 2.30. The third-order valence-corrected chi connectivity index (χ3v) is 2.60. The second-order valence-electron chi connectivity index (χ2n) is 4.67. The number of carbonyl (C=O) groups is 1. The Hall–Kier alpha value is -0.820. The van der Waals surface area contributed by atoms with Gasteiger partial charge in [-0.25, -0.2) is 0 Å². The van der Waals surface area contributed by atoms with Gasteiger partial charge in [-0.1, -0.05) is 20.8 Å². The zero-order valence-corrected chi connectivity index (χ0v) is 11.9. The predicted octanol–water partition coefficient (Wildman–Crippen LogP) is 1.80. The summed E-state index contributed by atoms with van der Waals surface area (Å²) in [5.74, 6) is -0.447. The van der Waals surface area contributed by atoms with Crippen LogP contribution in [0.5, 0.6) is 0 Å². The van der Waals surface area contributed by atoms with Crippen LogP contribution < -0.4 is 5.32 Å². The lowest BCUT2D eigenvalue weighted by Crippen LogP contribution is -2.44. The minimum Gasteiger partial charge on any atom is -0.468 e. The van der Waals surface area contributed by atoms with Crippen molar-refractivity contribution in [2.45, 2.75) is 45.5 Å². The molecule has 0 aromatic carbocycles. The molecule has 19 heavy (non-hydrogen) atoms. The predicted molar refractivity (Wildman–Crippen MR) is 66.9 cm³/mol. The largest absolute Gasteiger partial charge is 0.468 e. The van der Waals surface area contributed by atoms with Gasteiger partial charge in [0, 0.05) is 12.6 Å². The molecule has 0 heterocycles. The van der Waals surface area contributed by atoms with Crippen molar-refractivity contribution < 1.29 is 22.7 Å². The van der Waals surface area contributed by atoms with Crippen LogP contribution in [0, 0.1) is 0 Å². The highest BCUT2D eigenvalue weighted by Crippen LogP contribution is 2.16. The van der Waals surface area contributed by atoms with Gasteiger partial charge >= 0.3 is 12.1 Å². The van der Waals surface area contributed by atoms with Crippen molar-refractivity contribution in [1.82, 2.24) is 10.2 Å². The van der Waals surface area contributed by atoms with Crippen LogP contribution in [0.25, 0.3) is 0 Å². The van der Waals surface area contributed by atoms with Crippen molar-refractivity contribution in [3.63, 3.8) is 0 Å². The zero-order chi connectivity index (χ0) is 15.1. The Kier molecular flexibility index (Phi) is 8.01. The highest BCUT2D eigenvalue weighted by atomic mass is 19.4. The Morgan fingerprint density at radius 2 is 1.95 bits per heavy atom. The number of rotatable bonds is 8. The average molecular weight is 284 g/mol. The minimum atomic E-state index is -4.22. The van der Waals surface area contributed by atoms with Crippen LogP contribution in [0.1, 0.15) is 27.2 Å². The van der Waals surface area contributed by atoms with E-state index in [0.29, 0.717) is 0 Å². The first-order valence-corrected chi connectivity index (χ1v) is 6.32. The van der Waals surface area contributed by atoms with E-state index in [1.807, 2.05) is 13.8 Å². The van der Waals surface area contributed by atoms with Gasteiger partial charge in [-0.15, -0.1) is 0 Å². The quantitative estimate of drug-likeness (QED) is 0.690. The van der Waals surface area contributed by atoms with E-state index in [1.54, 1.807) is 6.92 Å². The highest BCUT2D eigenvalue weighted by molar-refractivity contribution is 5.75. The van der Waals surface area contributed by atoms with Crippen molar-refractivity contribution in [2.75, 3.05) is 26.7 Å². The molecule has 0 aliphatic heterocycles. The SMILES string of the molecule is CCN(CCC(NC(C)C)C(=O)OC)CC(F)(F)F. The topological polar surface area (TPSA) is 41.6 Å². The number of hydrogen-bond acceptors (Lipinski definition) is 4. The summed E-state index contributed by atoms with van der Waals surface area (Å²) in [6.45, 7) is 4.91. The third-order valence-electron chi connectivity index (χ3n) is 2.60. The van der Waals surface area contributed by atoms with Gasteiger partial charge in [-0.05, 0) is 13.0 Å². The van der Waals surface area contributed by atoms with Gasteiger partial charge in [0.05, 0.1) is 13.7 Å². The molecule has 0 aromatic heterocycles. The number of methoxy groups -OCH3 is 1. The van der Waals surface area contributed by atoms with E-state index in [-0.39, 0.29) is 25.6 Å². The van der Waals surface area contributed by atoms with Crippen molar-refractivity contribution in [2.24, 2.45) is 0 Å². The first-order chi connectivity index (χ1) is 8.69. The Balaban J connectivity index is 4.38. The van der Waals surface area contributed by atoms with E-state index in [0.717, 1.165) is 0 Å². The summed E-state index contributed by atoms with van der Waals surface area (Å²) in [6, 6.07) is -0.519. The molecule has 0 aliphatic carbocycles. The van der Waals surface area contributed by atoms with Crippen molar-refractivity contribution in [3.05, 3.63) is 0 Å². The molecule has 0 saturated heterocycles. The number of alkyl halides is 3. The van der Waals surface area contributed by atoms with Gasteiger partial charge in [-0.2, -0.15) is 13.2 Å². The Bertz CT molecular complexity index is 270. The van der Waals surface area contributed by atoms with Gasteiger partial charge in [0.1, 0.15) is 6.04 Å². The molecule has 4 nitrogen and oxygen atoms in total. The van der Waals surface area contributed by atoms with Gasteiger partial charge in [0.2, 0.25) is 0 Å². The van der Waals surface area contributed by atoms with Crippen molar-refractivity contribution in [1.29, 1.82) is 0 Å². The molecule has 0 aliphatic rings. The third kappa shape index (κ3) is 8.83. The number of halogens is 3. The maximum absolute atomic E-state index is 12.3. The Labute approximate surface area is 112 Å². The van der Waals surface area contributed by atoms with Crippen LogP contribution in [0.4, 0.5) is 13.2 Å². The van der Waals surface area contributed by atoms with E-state index < -0.39 is 24.7 Å². The smallest absolute Gasteiger partial charge is 0.401 e. The summed E-state index contributed by atoms with van der Waals surface area (Å²) >= 11 is 0. The van der Waals surface area contributed by atoms with Crippen LogP contribution >= 0.6 is 0 Å². The van der Waals surface area contributed by atoms with E-state index >= 15 is 0 Å². The summed E-state index contributed by atoms with van der Waals surface area (Å²) in [5, 5.41) is 2.99. The van der Waals surface area contributed by atoms with Crippen molar-refractivity contribution >= 4 is 5.97 Å². The minimum absolute atomic E-state index is 0.0572. The normalized spacial score (nSPS) is 13.9. The second kappa shape index (κ2) is 8.37. The van der Waals surface area contributed by atoms with Crippen LogP contribution in [0.15, 0.2) is 0 Å². The van der Waals surface area contributed by atoms with Crippen LogP contribution in [0.3, 0.4) is 0 Å². The summed E-state index contributed by atoms with van der Waals surface area (Å²) < 4.78 is 41.5. The molecule has 0 radical (unpaired) electrons. The number of nitrogens with zero attached hydrogens (tertiary/aromatic N) is 1. The Morgan fingerprint density at radius 1 is 1.37 bits per heavy atom. The lowest BCUT2D eigenvalue weighted by atomic mass is 10.1. The summed E-state index contributed by atoms with van der Waals surface area (Å²) in [5.41, 5.74) is 0. The molecule has 114 valence electrons. The maximum Gasteiger partial charge on any atom is 0.401 e. The van der Waals surface area contributed by atoms with Gasteiger partial charge in [0.25, 0.3) is 0 Å². The van der Waals surface area contributed by atoms with Crippen LogP contribution in [-0.2, 0) is 9.53 Å². The average Bonchev–Trinajstić information content (AvgIpc) is 2.29. The van der Waals surface area contributed by atoms with E-state index in [4.69, 9.17) is 0 Å². The number of ether oxygens (including phenoxy) is 1. The van der Waals surface area contributed by atoms with E-state index in [1.165, 1.54) is 12.0 Å². The second-order valence-corrected chi connectivity index (χ2v) is 4.67. The zero-order valence-electron chi connectivity index (χ0n) is 11.9. The van der Waals surface area contributed by atoms with Gasteiger partial charge < -0.3 is 10.1 Å². The lowest BCUT2D eigenvalue weighted by Gasteiger charge is -2.25. The molecular weight excluding hydrogens is 261 g/mol. The molecule has 0 spiro atoms. The molecule has 1 unspecified atom stereocenters. The molecular formula is C12H23F3N2O2. The van der Waals surface area contributed by atoms with E-state index in [2.05, 4.69) is 10.1 Å². The van der Waals surface area contributed by atoms with Gasteiger partial charge in [-0.3, -0.25) is 9.69 Å². The summed E-state index contributed by atoms with van der Waals surface area (Å²) in [4.78, 5) is 12.8. The number of esters is 1. The lowest BCUT2D eigenvalue weighted by molar-refractivity contribution is -0.147. The first kappa shape index (κ1) is 18.2. The van der Waals surface area contributed by atoms with Gasteiger partial charge in [0.15, 0.2) is 0 Å². The summed E-state index contributed by atoms with van der Waals surface area (Å²) in [7, 11) is 1.27. The molecule has 7 heteroatoms. The first-order valence-electron chi connectivity index (χ1n) is 6.32. The molecule has 0 fully saturated rings. The maximum atomic E-state index is 12.3.